The summed E-state index contributed by atoms with van der Waals surface area (Å²) in [4.78, 5) is 12.0. The predicted molar refractivity (Wildman–Crippen MR) is 96.9 cm³/mol. The summed E-state index contributed by atoms with van der Waals surface area (Å²) in [6.45, 7) is 0. The Morgan fingerprint density at radius 2 is 1.68 bits per heavy atom. The van der Waals surface area contributed by atoms with E-state index in [0.717, 1.165) is 11.3 Å². The van der Waals surface area contributed by atoms with Gasteiger partial charge in [-0.1, -0.05) is 24.3 Å². The maximum Gasteiger partial charge on any atom is 0.343 e. The van der Waals surface area contributed by atoms with Crippen LogP contribution in [0.3, 0.4) is 0 Å². The molecule has 0 aliphatic carbocycles. The second-order valence-corrected chi connectivity index (χ2v) is 7.77. The first-order valence-electron chi connectivity index (χ1n) is 7.26. The minimum absolute atomic E-state index is 0.192. The van der Waals surface area contributed by atoms with Crippen LogP contribution in [0.1, 0.15) is 15.9 Å². The maximum absolute atomic E-state index is 12.0. The van der Waals surface area contributed by atoms with E-state index in [1.165, 1.54) is 12.3 Å². The third-order valence-electron chi connectivity index (χ3n) is 3.19. The van der Waals surface area contributed by atoms with Gasteiger partial charge in [0.1, 0.15) is 9.96 Å². The molecule has 0 aliphatic heterocycles. The quantitative estimate of drug-likeness (QED) is 0.389. The highest BCUT2D eigenvalue weighted by molar-refractivity contribution is 7.92. The highest BCUT2D eigenvalue weighted by Gasteiger charge is 2.12. The number of carbonyl (C=O) groups is 1. The summed E-state index contributed by atoms with van der Waals surface area (Å²) >= 11 is 1.11. The van der Waals surface area contributed by atoms with Crippen molar-refractivity contribution < 1.29 is 17.9 Å². The van der Waals surface area contributed by atoms with E-state index >= 15 is 0 Å². The lowest BCUT2D eigenvalue weighted by atomic mass is 10.2. The Labute approximate surface area is 149 Å². The van der Waals surface area contributed by atoms with E-state index in [-0.39, 0.29) is 4.21 Å². The summed E-state index contributed by atoms with van der Waals surface area (Å²) in [6, 6.07) is 18.2. The van der Waals surface area contributed by atoms with Crippen LogP contribution in [0.2, 0.25) is 0 Å². The van der Waals surface area contributed by atoms with Crippen molar-refractivity contribution in [3.05, 3.63) is 83.2 Å². The van der Waals surface area contributed by atoms with E-state index in [2.05, 4.69) is 4.40 Å². The molecule has 7 heteroatoms. The molecular formula is C18H13NO4S2. The van der Waals surface area contributed by atoms with Crippen molar-refractivity contribution in [1.82, 2.24) is 0 Å². The lowest BCUT2D eigenvalue weighted by molar-refractivity contribution is 0.0734. The van der Waals surface area contributed by atoms with Crippen LogP contribution < -0.4 is 4.74 Å². The van der Waals surface area contributed by atoms with Crippen LogP contribution in [-0.4, -0.2) is 20.6 Å². The summed E-state index contributed by atoms with van der Waals surface area (Å²) in [5.41, 5.74) is 1.04. The van der Waals surface area contributed by atoms with E-state index < -0.39 is 16.0 Å². The Morgan fingerprint density at radius 1 is 0.960 bits per heavy atom. The van der Waals surface area contributed by atoms with Crippen LogP contribution in [0.4, 0.5) is 0 Å². The normalized spacial score (nSPS) is 11.5. The summed E-state index contributed by atoms with van der Waals surface area (Å²) in [7, 11) is -3.68. The number of hydrogen-bond donors (Lipinski definition) is 0. The van der Waals surface area contributed by atoms with Crippen LogP contribution in [0.15, 0.2) is 80.7 Å². The first-order valence-corrected chi connectivity index (χ1v) is 9.58. The first-order chi connectivity index (χ1) is 12.0. The van der Waals surface area contributed by atoms with Gasteiger partial charge in [0.05, 0.1) is 5.56 Å². The molecule has 0 spiro atoms. The number of hydrogen-bond acceptors (Lipinski definition) is 5. The summed E-state index contributed by atoms with van der Waals surface area (Å²) < 4.78 is 33.1. The van der Waals surface area contributed by atoms with Crippen LogP contribution >= 0.6 is 11.3 Å². The third kappa shape index (κ3) is 4.40. The molecule has 5 nitrogen and oxygen atoms in total. The van der Waals surface area contributed by atoms with Crippen molar-refractivity contribution in [2.45, 2.75) is 4.21 Å². The van der Waals surface area contributed by atoms with Gasteiger partial charge >= 0.3 is 5.97 Å². The van der Waals surface area contributed by atoms with E-state index in [0.29, 0.717) is 16.9 Å². The summed E-state index contributed by atoms with van der Waals surface area (Å²) in [5, 5.41) is 1.68. The van der Waals surface area contributed by atoms with Gasteiger partial charge in [0.15, 0.2) is 0 Å². The minimum Gasteiger partial charge on any atom is -0.423 e. The molecule has 0 aliphatic rings. The second kappa shape index (κ2) is 7.42. The van der Waals surface area contributed by atoms with Gasteiger partial charge in [-0.05, 0) is 53.4 Å². The zero-order chi connectivity index (χ0) is 17.7. The number of ether oxygens (including phenoxy) is 1. The Morgan fingerprint density at radius 3 is 2.32 bits per heavy atom. The van der Waals surface area contributed by atoms with Gasteiger partial charge in [-0.3, -0.25) is 0 Å². The Bertz CT molecular complexity index is 977. The molecule has 0 bridgehead atoms. The molecule has 2 aromatic carbocycles. The number of thiophene rings is 1. The standard InChI is InChI=1S/C18H13NO4S2/c20-18(15-5-2-1-3-6-15)23-16-10-8-14(9-11-16)13-19-25(21,22)17-7-4-12-24-17/h1-13H/b19-13-. The van der Waals surface area contributed by atoms with Gasteiger partial charge in [-0.25, -0.2) is 4.79 Å². The van der Waals surface area contributed by atoms with Crippen molar-refractivity contribution in [3.8, 4) is 5.75 Å². The Kier molecular flexibility index (Phi) is 5.06. The molecule has 0 radical (unpaired) electrons. The number of benzene rings is 2. The third-order valence-corrected chi connectivity index (χ3v) is 5.80. The van der Waals surface area contributed by atoms with Crippen molar-refractivity contribution >= 4 is 33.5 Å². The fourth-order valence-corrected chi connectivity index (χ4v) is 3.80. The number of carbonyl (C=O) groups excluding carboxylic acids is 1. The van der Waals surface area contributed by atoms with Gasteiger partial charge in [-0.15, -0.1) is 11.3 Å². The van der Waals surface area contributed by atoms with Crippen LogP contribution in [0.5, 0.6) is 5.75 Å². The van der Waals surface area contributed by atoms with Crippen molar-refractivity contribution in [2.24, 2.45) is 4.40 Å². The number of rotatable bonds is 5. The summed E-state index contributed by atoms with van der Waals surface area (Å²) in [5.74, 6) is -0.0885. The molecule has 0 saturated carbocycles. The van der Waals surface area contributed by atoms with Gasteiger partial charge in [-0.2, -0.15) is 12.8 Å². The van der Waals surface area contributed by atoms with Gasteiger partial charge in [0.25, 0.3) is 10.0 Å². The molecule has 25 heavy (non-hydrogen) atoms. The molecule has 0 atom stereocenters. The highest BCUT2D eigenvalue weighted by Crippen LogP contribution is 2.19. The second-order valence-electron chi connectivity index (χ2n) is 4.97. The smallest absolute Gasteiger partial charge is 0.343 e. The van der Waals surface area contributed by atoms with E-state index in [1.807, 2.05) is 6.07 Å². The SMILES string of the molecule is O=C(Oc1ccc(/C=N\S(=O)(=O)c2cccs2)cc1)c1ccccc1. The van der Waals surface area contributed by atoms with Crippen LogP contribution in [-0.2, 0) is 10.0 Å². The topological polar surface area (TPSA) is 72.8 Å². The predicted octanol–water partition coefficient (Wildman–Crippen LogP) is 3.78. The average Bonchev–Trinajstić information content (AvgIpc) is 3.18. The molecular weight excluding hydrogens is 358 g/mol. The van der Waals surface area contributed by atoms with Crippen molar-refractivity contribution in [3.63, 3.8) is 0 Å². The summed E-state index contributed by atoms with van der Waals surface area (Å²) in [6.07, 6.45) is 1.26. The zero-order valence-corrected chi connectivity index (χ0v) is 14.5. The highest BCUT2D eigenvalue weighted by atomic mass is 32.2. The fraction of sp³-hybridized carbons (Fsp3) is 0. The molecule has 1 aromatic heterocycles. The molecule has 0 fully saturated rings. The fourth-order valence-electron chi connectivity index (χ4n) is 1.95. The lowest BCUT2D eigenvalue weighted by Gasteiger charge is -2.04. The number of nitrogens with zero attached hydrogens (tertiary/aromatic N) is 1. The van der Waals surface area contributed by atoms with Gasteiger partial charge in [0.2, 0.25) is 0 Å². The number of sulfonamides is 1. The minimum atomic E-state index is -3.68. The largest absolute Gasteiger partial charge is 0.423 e. The van der Waals surface area contributed by atoms with Gasteiger partial charge < -0.3 is 4.74 Å². The van der Waals surface area contributed by atoms with E-state index in [4.69, 9.17) is 4.74 Å². The monoisotopic (exact) mass is 371 g/mol. The van der Waals surface area contributed by atoms with E-state index in [1.54, 1.807) is 60.0 Å². The lowest BCUT2D eigenvalue weighted by Crippen LogP contribution is -2.08. The molecule has 0 saturated heterocycles. The molecule has 126 valence electrons. The Hall–Kier alpha value is -2.77. The van der Waals surface area contributed by atoms with Crippen molar-refractivity contribution in [1.29, 1.82) is 0 Å². The maximum atomic E-state index is 12.0. The molecule has 3 rings (SSSR count). The van der Waals surface area contributed by atoms with E-state index in [9.17, 15) is 13.2 Å². The average molecular weight is 371 g/mol. The van der Waals surface area contributed by atoms with Crippen molar-refractivity contribution in [2.75, 3.05) is 0 Å². The van der Waals surface area contributed by atoms with Crippen LogP contribution in [0.25, 0.3) is 0 Å². The molecule has 1 heterocycles. The zero-order valence-electron chi connectivity index (χ0n) is 12.9. The molecule has 0 N–H and O–H groups in total. The van der Waals surface area contributed by atoms with Crippen LogP contribution in [0, 0.1) is 0 Å². The van der Waals surface area contributed by atoms with Gasteiger partial charge in [0, 0.05) is 6.21 Å². The molecule has 0 unspecified atom stereocenters. The number of esters is 1. The molecule has 0 amide bonds. The first kappa shape index (κ1) is 17.1. The molecule has 3 aromatic rings. The Balaban J connectivity index is 1.68.